The molecule has 0 unspecified atom stereocenters. The van der Waals surface area contributed by atoms with Gasteiger partial charge in [0.25, 0.3) is 0 Å². The van der Waals surface area contributed by atoms with Crippen LogP contribution in [0.3, 0.4) is 0 Å². The van der Waals surface area contributed by atoms with Gasteiger partial charge in [-0.15, -0.1) is 0 Å². The normalized spacial score (nSPS) is 10.3. The van der Waals surface area contributed by atoms with Crippen molar-refractivity contribution in [1.29, 1.82) is 0 Å². The molecule has 1 aromatic heterocycles. The maximum absolute atomic E-state index is 13.0. The zero-order valence-electron chi connectivity index (χ0n) is 14.8. The van der Waals surface area contributed by atoms with Crippen LogP contribution in [-0.2, 0) is 17.8 Å². The molecule has 0 saturated carbocycles. The Morgan fingerprint density at radius 3 is 2.54 bits per heavy atom. The van der Waals surface area contributed by atoms with E-state index in [1.54, 1.807) is 19.5 Å². The van der Waals surface area contributed by atoms with Crippen LogP contribution in [0.4, 0.5) is 5.69 Å². The van der Waals surface area contributed by atoms with Gasteiger partial charge in [0, 0.05) is 24.5 Å². The number of ether oxygens (including phenoxy) is 1. The summed E-state index contributed by atoms with van der Waals surface area (Å²) in [6.45, 7) is 0.509. The summed E-state index contributed by atoms with van der Waals surface area (Å²) in [7, 11) is 1.65. The minimum Gasteiger partial charge on any atom is -0.497 e. The Morgan fingerprint density at radius 2 is 1.81 bits per heavy atom. The third-order valence-corrected chi connectivity index (χ3v) is 4.19. The summed E-state index contributed by atoms with van der Waals surface area (Å²) in [5, 5.41) is 0. The number of aryl methyl sites for hydroxylation is 1. The molecule has 3 aromatic rings. The van der Waals surface area contributed by atoms with Crippen LogP contribution in [-0.4, -0.2) is 18.0 Å². The molecule has 4 heteroatoms. The lowest BCUT2D eigenvalue weighted by Gasteiger charge is -2.23. The number of methoxy groups -OCH3 is 1. The second kappa shape index (κ2) is 8.81. The smallest absolute Gasteiger partial charge is 0.227 e. The molecule has 0 saturated heterocycles. The van der Waals surface area contributed by atoms with Crippen molar-refractivity contribution >= 4 is 11.6 Å². The van der Waals surface area contributed by atoms with Crippen LogP contribution < -0.4 is 9.64 Å². The fourth-order valence-electron chi connectivity index (χ4n) is 2.82. The zero-order chi connectivity index (χ0) is 18.2. The van der Waals surface area contributed by atoms with Gasteiger partial charge in [-0.1, -0.05) is 36.4 Å². The highest BCUT2D eigenvalue weighted by Crippen LogP contribution is 2.19. The molecule has 132 valence electrons. The quantitative estimate of drug-likeness (QED) is 0.642. The van der Waals surface area contributed by atoms with E-state index in [0.29, 0.717) is 19.4 Å². The van der Waals surface area contributed by atoms with E-state index in [4.69, 9.17) is 4.74 Å². The minimum atomic E-state index is 0.0860. The first-order valence-corrected chi connectivity index (χ1v) is 8.63. The lowest BCUT2D eigenvalue weighted by molar-refractivity contribution is -0.118. The third kappa shape index (κ3) is 4.70. The van der Waals surface area contributed by atoms with E-state index < -0.39 is 0 Å². The summed E-state index contributed by atoms with van der Waals surface area (Å²) in [4.78, 5) is 18.9. The molecular formula is C22H22N2O2. The number of anilines is 1. The van der Waals surface area contributed by atoms with Crippen LogP contribution in [0.1, 0.15) is 17.5 Å². The van der Waals surface area contributed by atoms with Crippen molar-refractivity contribution < 1.29 is 9.53 Å². The van der Waals surface area contributed by atoms with E-state index in [9.17, 15) is 4.79 Å². The number of hydrogen-bond donors (Lipinski definition) is 0. The predicted octanol–water partition coefficient (Wildman–Crippen LogP) is 4.26. The van der Waals surface area contributed by atoms with E-state index in [2.05, 4.69) is 4.98 Å². The van der Waals surface area contributed by atoms with Crippen molar-refractivity contribution in [3.63, 3.8) is 0 Å². The average Bonchev–Trinajstić information content (AvgIpc) is 2.72. The first-order chi connectivity index (χ1) is 12.8. The molecule has 0 radical (unpaired) electrons. The molecule has 1 heterocycles. The van der Waals surface area contributed by atoms with Gasteiger partial charge in [-0.3, -0.25) is 9.78 Å². The highest BCUT2D eigenvalue weighted by atomic mass is 16.5. The van der Waals surface area contributed by atoms with E-state index >= 15 is 0 Å². The highest BCUT2D eigenvalue weighted by Gasteiger charge is 2.16. The molecule has 2 aromatic carbocycles. The molecule has 0 aliphatic carbocycles. The molecule has 0 aliphatic heterocycles. The van der Waals surface area contributed by atoms with Crippen LogP contribution in [0, 0.1) is 0 Å². The Hall–Kier alpha value is -3.14. The minimum absolute atomic E-state index is 0.0860. The van der Waals surface area contributed by atoms with Gasteiger partial charge in [-0.05, 0) is 47.9 Å². The van der Waals surface area contributed by atoms with Crippen LogP contribution in [0.2, 0.25) is 0 Å². The first kappa shape index (κ1) is 17.7. The second-order valence-corrected chi connectivity index (χ2v) is 6.03. The van der Waals surface area contributed by atoms with E-state index in [1.807, 2.05) is 71.6 Å². The summed E-state index contributed by atoms with van der Waals surface area (Å²) in [6, 6.07) is 21.5. The summed E-state index contributed by atoms with van der Waals surface area (Å²) >= 11 is 0. The van der Waals surface area contributed by atoms with E-state index in [-0.39, 0.29) is 5.91 Å². The van der Waals surface area contributed by atoms with Crippen molar-refractivity contribution in [2.24, 2.45) is 0 Å². The molecule has 1 amide bonds. The number of nitrogens with zero attached hydrogens (tertiary/aromatic N) is 2. The SMILES string of the molecule is COc1cccc(CCC(=O)N(Cc2cccnc2)c2ccccc2)c1. The standard InChI is InChI=1S/C22H22N2O2/c1-26-21-11-5-7-18(15-21)12-13-22(25)24(20-9-3-2-4-10-20)17-19-8-6-14-23-16-19/h2-11,14-16H,12-13,17H2,1H3. The Labute approximate surface area is 154 Å². The summed E-state index contributed by atoms with van der Waals surface area (Å²) < 4.78 is 5.26. The summed E-state index contributed by atoms with van der Waals surface area (Å²) in [5.41, 5.74) is 2.99. The number of pyridine rings is 1. The van der Waals surface area contributed by atoms with E-state index in [1.165, 1.54) is 0 Å². The van der Waals surface area contributed by atoms with Gasteiger partial charge in [0.2, 0.25) is 5.91 Å². The van der Waals surface area contributed by atoms with Gasteiger partial charge in [0.15, 0.2) is 0 Å². The van der Waals surface area contributed by atoms with Gasteiger partial charge in [0.1, 0.15) is 5.75 Å². The Balaban J connectivity index is 1.74. The maximum Gasteiger partial charge on any atom is 0.227 e. The van der Waals surface area contributed by atoms with Gasteiger partial charge in [0.05, 0.1) is 13.7 Å². The molecule has 0 N–H and O–H groups in total. The fraction of sp³-hybridized carbons (Fsp3) is 0.182. The zero-order valence-corrected chi connectivity index (χ0v) is 14.8. The highest BCUT2D eigenvalue weighted by molar-refractivity contribution is 5.93. The summed E-state index contributed by atoms with van der Waals surface area (Å²) in [6.07, 6.45) is 4.64. The second-order valence-electron chi connectivity index (χ2n) is 6.03. The number of aromatic nitrogens is 1. The molecule has 0 aliphatic rings. The molecule has 0 atom stereocenters. The van der Waals surface area contributed by atoms with Gasteiger partial charge in [-0.2, -0.15) is 0 Å². The Bertz CT molecular complexity index is 835. The molecule has 26 heavy (non-hydrogen) atoms. The number of hydrogen-bond acceptors (Lipinski definition) is 3. The molecule has 0 spiro atoms. The van der Waals surface area contributed by atoms with Crippen LogP contribution in [0.25, 0.3) is 0 Å². The van der Waals surface area contributed by atoms with Crippen LogP contribution in [0.15, 0.2) is 79.1 Å². The first-order valence-electron chi connectivity index (χ1n) is 8.63. The van der Waals surface area contributed by atoms with Crippen LogP contribution in [0.5, 0.6) is 5.75 Å². The van der Waals surface area contributed by atoms with Gasteiger partial charge in [-0.25, -0.2) is 0 Å². The number of benzene rings is 2. The number of amides is 1. The molecule has 4 nitrogen and oxygen atoms in total. The third-order valence-electron chi connectivity index (χ3n) is 4.19. The Kier molecular flexibility index (Phi) is 5.99. The van der Waals surface area contributed by atoms with Gasteiger partial charge < -0.3 is 9.64 Å². The lowest BCUT2D eigenvalue weighted by atomic mass is 10.1. The topological polar surface area (TPSA) is 42.4 Å². The van der Waals surface area contributed by atoms with Crippen molar-refractivity contribution in [3.8, 4) is 5.75 Å². The monoisotopic (exact) mass is 346 g/mol. The average molecular weight is 346 g/mol. The molecule has 0 bridgehead atoms. The number of carbonyl (C=O) groups excluding carboxylic acids is 1. The fourth-order valence-corrected chi connectivity index (χ4v) is 2.82. The molecule has 3 rings (SSSR count). The maximum atomic E-state index is 13.0. The Morgan fingerprint density at radius 1 is 1.00 bits per heavy atom. The van der Waals surface area contributed by atoms with Crippen LogP contribution >= 0.6 is 0 Å². The lowest BCUT2D eigenvalue weighted by Crippen LogP contribution is -2.30. The molecular weight excluding hydrogens is 324 g/mol. The largest absolute Gasteiger partial charge is 0.497 e. The van der Waals surface area contributed by atoms with Gasteiger partial charge >= 0.3 is 0 Å². The van der Waals surface area contributed by atoms with Crippen molar-refractivity contribution in [1.82, 2.24) is 4.98 Å². The van der Waals surface area contributed by atoms with Crippen molar-refractivity contribution in [2.75, 3.05) is 12.0 Å². The number of para-hydroxylation sites is 1. The predicted molar refractivity (Wildman–Crippen MR) is 103 cm³/mol. The van der Waals surface area contributed by atoms with Crippen molar-refractivity contribution in [3.05, 3.63) is 90.3 Å². The van der Waals surface area contributed by atoms with E-state index in [0.717, 1.165) is 22.6 Å². The summed E-state index contributed by atoms with van der Waals surface area (Å²) in [5.74, 6) is 0.896. The number of rotatable bonds is 7. The molecule has 0 fully saturated rings. The number of carbonyl (C=O) groups is 1. The van der Waals surface area contributed by atoms with Crippen molar-refractivity contribution in [2.45, 2.75) is 19.4 Å².